The lowest BCUT2D eigenvalue weighted by Gasteiger charge is -2.23. The van der Waals surface area contributed by atoms with E-state index in [0.29, 0.717) is 12.2 Å². The van der Waals surface area contributed by atoms with Crippen molar-refractivity contribution in [2.45, 2.75) is 43.4 Å². The maximum atomic E-state index is 12.4. The number of carboxylic acids is 1. The monoisotopic (exact) mass is 495 g/mol. The second-order valence-electron chi connectivity index (χ2n) is 6.72. The molecule has 0 heterocycles. The van der Waals surface area contributed by atoms with Crippen molar-refractivity contribution in [3.63, 3.8) is 0 Å². The Morgan fingerprint density at radius 1 is 1.00 bits per heavy atom. The summed E-state index contributed by atoms with van der Waals surface area (Å²) in [6.07, 6.45) is 2.66. The largest absolute Gasteiger partial charge is 0.480 e. The number of amides is 3. The maximum Gasteiger partial charge on any atom is 0.326 e. The van der Waals surface area contributed by atoms with Crippen LogP contribution < -0.4 is 33.2 Å². The molecule has 0 aliphatic rings. The van der Waals surface area contributed by atoms with Crippen molar-refractivity contribution in [3.8, 4) is 0 Å². The summed E-state index contributed by atoms with van der Waals surface area (Å²) in [5, 5.41) is 25.7. The molecule has 0 aromatic carbocycles. The van der Waals surface area contributed by atoms with Gasteiger partial charge in [-0.15, -0.1) is 0 Å². The zero-order valence-electron chi connectivity index (χ0n) is 17.8. The Hall–Kier alpha value is -2.23. The van der Waals surface area contributed by atoms with Crippen LogP contribution in [-0.2, 0) is 19.2 Å². The SMILES string of the molecule is CSCCC(NC(=O)C(CS)NC(=O)C(CO)NC(=O)C(N)CCCN=C(N)N)C(=O)O. The van der Waals surface area contributed by atoms with Crippen LogP contribution in [0.2, 0.25) is 0 Å². The number of nitrogens with zero attached hydrogens (tertiary/aromatic N) is 1. The smallest absolute Gasteiger partial charge is 0.326 e. The van der Waals surface area contributed by atoms with E-state index in [1.54, 1.807) is 6.26 Å². The zero-order valence-corrected chi connectivity index (χ0v) is 19.5. The van der Waals surface area contributed by atoms with Crippen molar-refractivity contribution in [3.05, 3.63) is 0 Å². The molecule has 13 nitrogen and oxygen atoms in total. The van der Waals surface area contributed by atoms with Gasteiger partial charge in [0.2, 0.25) is 17.7 Å². The fraction of sp³-hybridized carbons (Fsp3) is 0.706. The number of carbonyl (C=O) groups excluding carboxylic acids is 3. The first-order valence-electron chi connectivity index (χ1n) is 9.72. The number of thiol groups is 1. The van der Waals surface area contributed by atoms with Crippen molar-refractivity contribution in [1.29, 1.82) is 0 Å². The Morgan fingerprint density at radius 3 is 2.06 bits per heavy atom. The van der Waals surface area contributed by atoms with E-state index in [-0.39, 0.29) is 31.1 Å². The predicted octanol–water partition coefficient (Wildman–Crippen LogP) is -3.42. The van der Waals surface area contributed by atoms with E-state index in [1.807, 2.05) is 0 Å². The van der Waals surface area contributed by atoms with Gasteiger partial charge in [-0.05, 0) is 31.3 Å². The summed E-state index contributed by atoms with van der Waals surface area (Å²) in [7, 11) is 0. The third-order valence-electron chi connectivity index (χ3n) is 4.16. The highest BCUT2D eigenvalue weighted by molar-refractivity contribution is 7.98. The van der Waals surface area contributed by atoms with Crippen molar-refractivity contribution in [1.82, 2.24) is 16.0 Å². The molecule has 3 amide bonds. The van der Waals surface area contributed by atoms with E-state index in [9.17, 15) is 29.4 Å². The third-order valence-corrected chi connectivity index (χ3v) is 5.17. The lowest BCUT2D eigenvalue weighted by Crippen LogP contribution is -2.58. The van der Waals surface area contributed by atoms with Gasteiger partial charge in [0.15, 0.2) is 5.96 Å². The summed E-state index contributed by atoms with van der Waals surface area (Å²) in [6, 6.07) is -4.64. The number of hydrogen-bond acceptors (Lipinski definition) is 9. The molecular formula is C17H33N7O6S2. The van der Waals surface area contributed by atoms with Gasteiger partial charge >= 0.3 is 5.97 Å². The summed E-state index contributed by atoms with van der Waals surface area (Å²) in [5.41, 5.74) is 16.2. The molecule has 0 radical (unpaired) electrons. The van der Waals surface area contributed by atoms with Crippen LogP contribution in [0.4, 0.5) is 0 Å². The summed E-state index contributed by atoms with van der Waals surface area (Å²) < 4.78 is 0. The molecule has 11 N–H and O–H groups in total. The van der Waals surface area contributed by atoms with Crippen LogP contribution in [0.15, 0.2) is 4.99 Å². The second kappa shape index (κ2) is 16.4. The Bertz CT molecular complexity index is 663. The first-order valence-corrected chi connectivity index (χ1v) is 11.8. The van der Waals surface area contributed by atoms with Crippen molar-refractivity contribution in [2.75, 3.05) is 30.9 Å². The first-order chi connectivity index (χ1) is 15.1. The molecule has 32 heavy (non-hydrogen) atoms. The molecule has 0 aliphatic heterocycles. The highest BCUT2D eigenvalue weighted by atomic mass is 32.2. The topological polar surface area (TPSA) is 235 Å². The van der Waals surface area contributed by atoms with Gasteiger partial charge in [-0.2, -0.15) is 24.4 Å². The molecule has 15 heteroatoms. The van der Waals surface area contributed by atoms with Crippen molar-refractivity contribution in [2.24, 2.45) is 22.2 Å². The highest BCUT2D eigenvalue weighted by Gasteiger charge is 2.29. The predicted molar refractivity (Wildman–Crippen MR) is 125 cm³/mol. The molecular weight excluding hydrogens is 462 g/mol. The lowest BCUT2D eigenvalue weighted by atomic mass is 10.1. The molecule has 0 saturated carbocycles. The highest BCUT2D eigenvalue weighted by Crippen LogP contribution is 2.03. The van der Waals surface area contributed by atoms with Crippen molar-refractivity contribution < 1.29 is 29.4 Å². The maximum absolute atomic E-state index is 12.4. The van der Waals surface area contributed by atoms with Gasteiger partial charge in [0.1, 0.15) is 18.1 Å². The molecule has 0 saturated heterocycles. The van der Waals surface area contributed by atoms with Gasteiger partial charge < -0.3 is 43.4 Å². The summed E-state index contributed by atoms with van der Waals surface area (Å²) in [5.74, 6) is -3.19. The van der Waals surface area contributed by atoms with E-state index in [1.165, 1.54) is 11.8 Å². The minimum Gasteiger partial charge on any atom is -0.480 e. The molecule has 0 bridgehead atoms. The summed E-state index contributed by atoms with van der Waals surface area (Å²) >= 11 is 5.44. The number of carbonyl (C=O) groups is 4. The van der Waals surface area contributed by atoms with Gasteiger partial charge in [0.25, 0.3) is 0 Å². The number of nitrogens with one attached hydrogen (secondary N) is 3. The zero-order chi connectivity index (χ0) is 24.7. The number of guanidine groups is 1. The fourth-order valence-electron chi connectivity index (χ4n) is 2.36. The molecule has 0 fully saturated rings. The van der Waals surface area contributed by atoms with Gasteiger partial charge in [-0.3, -0.25) is 19.4 Å². The number of aliphatic hydroxyl groups excluding tert-OH is 1. The number of aliphatic hydroxyl groups is 1. The number of hydrogen-bond donors (Lipinski definition) is 9. The average molecular weight is 496 g/mol. The van der Waals surface area contributed by atoms with Crippen LogP contribution in [0.3, 0.4) is 0 Å². The molecule has 184 valence electrons. The third kappa shape index (κ3) is 12.0. The van der Waals surface area contributed by atoms with Crippen LogP contribution in [0.5, 0.6) is 0 Å². The average Bonchev–Trinajstić information content (AvgIpc) is 2.74. The molecule has 0 aliphatic carbocycles. The Kier molecular flexibility index (Phi) is 15.3. The standard InChI is InChI=1S/C17H33N7O6S2/c1-32-6-4-10(16(29)30)22-15(28)12(8-31)24-14(27)11(7-25)23-13(26)9(18)3-2-5-21-17(19)20/h9-12,25,31H,2-8,18H2,1H3,(H,22,28)(H,23,26)(H,24,27)(H,29,30)(H4,19,20,21). The fourth-order valence-corrected chi connectivity index (χ4v) is 3.08. The lowest BCUT2D eigenvalue weighted by molar-refractivity contribution is -0.142. The number of aliphatic imine (C=N–C) groups is 1. The minimum absolute atomic E-state index is 0.0817. The number of thioether (sulfide) groups is 1. The molecule has 4 unspecified atom stereocenters. The quantitative estimate of drug-likeness (QED) is 0.0445. The number of rotatable bonds is 16. The van der Waals surface area contributed by atoms with Gasteiger partial charge in [-0.25, -0.2) is 4.79 Å². The van der Waals surface area contributed by atoms with E-state index < -0.39 is 54.5 Å². The Labute approximate surface area is 196 Å². The van der Waals surface area contributed by atoms with Gasteiger partial charge in [0, 0.05) is 12.3 Å². The minimum atomic E-state index is -1.37. The van der Waals surface area contributed by atoms with Gasteiger partial charge in [-0.1, -0.05) is 0 Å². The molecule has 0 aromatic heterocycles. The van der Waals surface area contributed by atoms with Crippen LogP contribution >= 0.6 is 24.4 Å². The van der Waals surface area contributed by atoms with E-state index >= 15 is 0 Å². The Balaban J connectivity index is 4.85. The first kappa shape index (κ1) is 29.8. The molecule has 4 atom stereocenters. The summed E-state index contributed by atoms with van der Waals surface area (Å²) in [6.45, 7) is -0.467. The molecule has 0 aromatic rings. The van der Waals surface area contributed by atoms with Crippen LogP contribution in [0, 0.1) is 0 Å². The Morgan fingerprint density at radius 2 is 1.56 bits per heavy atom. The normalized spacial score (nSPS) is 14.4. The summed E-state index contributed by atoms with van der Waals surface area (Å²) in [4.78, 5) is 52.1. The van der Waals surface area contributed by atoms with Crippen LogP contribution in [0.1, 0.15) is 19.3 Å². The van der Waals surface area contributed by atoms with E-state index in [0.717, 1.165) is 0 Å². The van der Waals surface area contributed by atoms with E-state index in [2.05, 4.69) is 33.6 Å². The van der Waals surface area contributed by atoms with Crippen LogP contribution in [-0.4, -0.2) is 94.9 Å². The van der Waals surface area contributed by atoms with E-state index in [4.69, 9.17) is 17.2 Å². The number of carboxylic acid groups (broad SMARTS) is 1. The second-order valence-corrected chi connectivity index (χ2v) is 8.07. The number of aliphatic carboxylic acids is 1. The van der Waals surface area contributed by atoms with Crippen molar-refractivity contribution >= 4 is 54.0 Å². The van der Waals surface area contributed by atoms with Gasteiger partial charge in [0.05, 0.1) is 12.6 Å². The number of nitrogens with two attached hydrogens (primary N) is 3. The van der Waals surface area contributed by atoms with Crippen LogP contribution in [0.25, 0.3) is 0 Å². The molecule has 0 spiro atoms. The molecule has 0 rings (SSSR count).